The van der Waals surface area contributed by atoms with Crippen molar-refractivity contribution in [3.8, 4) is 11.5 Å². The van der Waals surface area contributed by atoms with E-state index in [4.69, 9.17) is 4.74 Å². The lowest BCUT2D eigenvalue weighted by molar-refractivity contribution is 0.434. The molecule has 0 aromatic heterocycles. The Labute approximate surface area is 164 Å². The van der Waals surface area contributed by atoms with Crippen LogP contribution in [0.5, 0.6) is 11.5 Å². The summed E-state index contributed by atoms with van der Waals surface area (Å²) in [5, 5.41) is 3.66. The van der Waals surface area contributed by atoms with E-state index in [1.165, 1.54) is 27.8 Å². The maximum Gasteiger partial charge on any atom is 0.132 e. The molecule has 4 aromatic rings. The summed E-state index contributed by atoms with van der Waals surface area (Å²) in [6.07, 6.45) is 0. The molecule has 0 saturated heterocycles. The molecule has 0 unspecified atom stereocenters. The minimum atomic E-state index is -0.408. The van der Waals surface area contributed by atoms with Crippen molar-refractivity contribution in [2.75, 3.05) is 5.32 Å². The second-order valence-electron chi connectivity index (χ2n) is 7.56. The maximum absolute atomic E-state index is 6.34. The van der Waals surface area contributed by atoms with Gasteiger partial charge in [-0.1, -0.05) is 72.3 Å². The summed E-state index contributed by atoms with van der Waals surface area (Å²) in [7, 11) is 0. The Morgan fingerprint density at radius 3 is 1.89 bits per heavy atom. The van der Waals surface area contributed by atoms with Crippen LogP contribution in [0.25, 0.3) is 0 Å². The van der Waals surface area contributed by atoms with Gasteiger partial charge in [0.25, 0.3) is 0 Å². The van der Waals surface area contributed by atoms with Gasteiger partial charge in [-0.05, 0) is 42.3 Å². The number of hydrogen-bond acceptors (Lipinski definition) is 2. The van der Waals surface area contributed by atoms with E-state index in [9.17, 15) is 0 Å². The molecule has 0 amide bonds. The number of rotatable bonds is 0. The van der Waals surface area contributed by atoms with E-state index in [1.807, 2.05) is 12.1 Å². The zero-order valence-electron chi connectivity index (χ0n) is 15.6. The van der Waals surface area contributed by atoms with Crippen molar-refractivity contribution in [2.45, 2.75) is 12.3 Å². The van der Waals surface area contributed by atoms with Crippen LogP contribution in [0.4, 0.5) is 11.4 Å². The third-order valence-corrected chi connectivity index (χ3v) is 5.98. The summed E-state index contributed by atoms with van der Waals surface area (Å²) >= 11 is 0. The molecule has 28 heavy (non-hydrogen) atoms. The zero-order chi connectivity index (χ0) is 18.7. The van der Waals surface area contributed by atoms with Crippen LogP contribution in [-0.2, 0) is 5.41 Å². The van der Waals surface area contributed by atoms with Gasteiger partial charge in [0.1, 0.15) is 11.5 Å². The monoisotopic (exact) mass is 361 g/mol. The van der Waals surface area contributed by atoms with Gasteiger partial charge in [0.05, 0.1) is 5.41 Å². The molecule has 1 N–H and O–H groups in total. The molecule has 134 valence electrons. The fraction of sp³-hybridized carbons (Fsp3) is 0.0769. The SMILES string of the molecule is Cc1ccc2c(c1)C1(c3ccccc3N2)c2ccccc2Oc2ccccc21. The van der Waals surface area contributed by atoms with Gasteiger partial charge in [-0.2, -0.15) is 0 Å². The normalized spacial score (nSPS) is 14.8. The molecule has 2 heteroatoms. The second-order valence-corrected chi connectivity index (χ2v) is 7.56. The van der Waals surface area contributed by atoms with Crippen molar-refractivity contribution in [2.24, 2.45) is 0 Å². The van der Waals surface area contributed by atoms with Crippen LogP contribution >= 0.6 is 0 Å². The van der Waals surface area contributed by atoms with Crippen molar-refractivity contribution >= 4 is 11.4 Å². The highest BCUT2D eigenvalue weighted by atomic mass is 16.5. The van der Waals surface area contributed by atoms with E-state index in [2.05, 4.69) is 91.1 Å². The van der Waals surface area contributed by atoms with Crippen molar-refractivity contribution < 1.29 is 4.74 Å². The molecule has 1 spiro atoms. The molecule has 4 aromatic carbocycles. The van der Waals surface area contributed by atoms with Crippen LogP contribution in [-0.4, -0.2) is 0 Å². The van der Waals surface area contributed by atoms with Crippen LogP contribution < -0.4 is 10.1 Å². The summed E-state index contributed by atoms with van der Waals surface area (Å²) in [6, 6.07) is 32.2. The Hall–Kier alpha value is -3.52. The minimum absolute atomic E-state index is 0.408. The van der Waals surface area contributed by atoms with Crippen molar-refractivity contribution in [3.05, 3.63) is 119 Å². The predicted molar refractivity (Wildman–Crippen MR) is 113 cm³/mol. The highest BCUT2D eigenvalue weighted by Gasteiger charge is 2.49. The summed E-state index contributed by atoms with van der Waals surface area (Å²) in [5.74, 6) is 1.84. The number of nitrogens with one attached hydrogen (secondary N) is 1. The molecule has 0 fully saturated rings. The third-order valence-electron chi connectivity index (χ3n) is 5.98. The van der Waals surface area contributed by atoms with Gasteiger partial charge >= 0.3 is 0 Å². The van der Waals surface area contributed by atoms with Crippen molar-refractivity contribution in [3.63, 3.8) is 0 Å². The molecular formula is C26H19NO. The van der Waals surface area contributed by atoms with Gasteiger partial charge in [-0.15, -0.1) is 0 Å². The first-order valence-corrected chi connectivity index (χ1v) is 9.63. The highest BCUT2D eigenvalue weighted by molar-refractivity contribution is 5.84. The zero-order valence-corrected chi connectivity index (χ0v) is 15.6. The largest absolute Gasteiger partial charge is 0.457 e. The molecule has 2 heterocycles. The number of hydrogen-bond donors (Lipinski definition) is 1. The average molecular weight is 361 g/mol. The Kier molecular flexibility index (Phi) is 3.05. The van der Waals surface area contributed by atoms with E-state index < -0.39 is 5.41 Å². The third kappa shape index (κ3) is 1.87. The van der Waals surface area contributed by atoms with Gasteiger partial charge in [-0.3, -0.25) is 0 Å². The quantitative estimate of drug-likeness (QED) is 0.332. The van der Waals surface area contributed by atoms with Crippen LogP contribution in [0.2, 0.25) is 0 Å². The lowest BCUT2D eigenvalue weighted by Gasteiger charge is -2.45. The van der Waals surface area contributed by atoms with Crippen LogP contribution in [0, 0.1) is 6.92 Å². The molecule has 0 aliphatic carbocycles. The fourth-order valence-electron chi connectivity index (χ4n) is 4.86. The molecule has 0 atom stereocenters. The first-order chi connectivity index (χ1) is 13.8. The standard InChI is InChI=1S/C26H19NO/c1-17-14-15-23-21(16-17)26(18-8-2-5-11-22(18)27-23)19-9-3-6-12-24(19)28-25-13-7-4-10-20(25)26/h2-16,27H,1H3. The Bertz CT molecular complexity index is 1140. The lowest BCUT2D eigenvalue weighted by Crippen LogP contribution is -2.37. The molecule has 2 aliphatic rings. The van der Waals surface area contributed by atoms with E-state index in [1.54, 1.807) is 0 Å². The van der Waals surface area contributed by atoms with Crippen LogP contribution in [0.3, 0.4) is 0 Å². The summed E-state index contributed by atoms with van der Waals surface area (Å²) in [6.45, 7) is 2.16. The van der Waals surface area contributed by atoms with Crippen molar-refractivity contribution in [1.29, 1.82) is 0 Å². The van der Waals surface area contributed by atoms with E-state index in [-0.39, 0.29) is 0 Å². The van der Waals surface area contributed by atoms with E-state index >= 15 is 0 Å². The number of para-hydroxylation sites is 3. The van der Waals surface area contributed by atoms with E-state index in [0.29, 0.717) is 0 Å². The Balaban J connectivity index is 1.85. The van der Waals surface area contributed by atoms with Gasteiger partial charge in [0, 0.05) is 22.5 Å². The molecule has 0 radical (unpaired) electrons. The Morgan fingerprint density at radius 1 is 0.607 bits per heavy atom. The van der Waals surface area contributed by atoms with Gasteiger partial charge in [0.2, 0.25) is 0 Å². The second kappa shape index (κ2) is 5.49. The molecule has 2 aliphatic heterocycles. The number of benzene rings is 4. The summed E-state index contributed by atoms with van der Waals surface area (Å²) < 4.78 is 6.34. The molecule has 0 saturated carbocycles. The predicted octanol–water partition coefficient (Wildman–Crippen LogP) is 6.54. The topological polar surface area (TPSA) is 21.3 Å². The maximum atomic E-state index is 6.34. The minimum Gasteiger partial charge on any atom is -0.457 e. The smallest absolute Gasteiger partial charge is 0.132 e. The summed E-state index contributed by atoms with van der Waals surface area (Å²) in [4.78, 5) is 0. The van der Waals surface area contributed by atoms with Crippen LogP contribution in [0.15, 0.2) is 91.0 Å². The van der Waals surface area contributed by atoms with Gasteiger partial charge in [-0.25, -0.2) is 0 Å². The molecule has 0 bridgehead atoms. The molecule has 2 nitrogen and oxygen atoms in total. The fourth-order valence-corrected chi connectivity index (χ4v) is 4.86. The van der Waals surface area contributed by atoms with Crippen LogP contribution in [0.1, 0.15) is 27.8 Å². The molecular weight excluding hydrogens is 342 g/mol. The van der Waals surface area contributed by atoms with Gasteiger partial charge < -0.3 is 10.1 Å². The number of anilines is 2. The van der Waals surface area contributed by atoms with E-state index in [0.717, 1.165) is 22.9 Å². The Morgan fingerprint density at radius 2 is 1.18 bits per heavy atom. The highest BCUT2D eigenvalue weighted by Crippen LogP contribution is 2.60. The first kappa shape index (κ1) is 15.5. The number of aryl methyl sites for hydroxylation is 1. The average Bonchev–Trinajstić information content (AvgIpc) is 2.74. The number of ether oxygens (including phenoxy) is 1. The lowest BCUT2D eigenvalue weighted by atomic mass is 9.61. The van der Waals surface area contributed by atoms with Crippen molar-refractivity contribution in [1.82, 2.24) is 0 Å². The van der Waals surface area contributed by atoms with Gasteiger partial charge in [0.15, 0.2) is 0 Å². The number of fused-ring (bicyclic) bond motifs is 8. The first-order valence-electron chi connectivity index (χ1n) is 9.63. The molecule has 6 rings (SSSR count). The summed E-state index contributed by atoms with van der Waals surface area (Å²) in [5.41, 5.74) is 8.05.